The second-order valence-electron chi connectivity index (χ2n) is 5.58. The lowest BCUT2D eigenvalue weighted by Gasteiger charge is -2.34. The van der Waals surface area contributed by atoms with Crippen molar-refractivity contribution in [3.8, 4) is 5.75 Å². The first-order valence-electron chi connectivity index (χ1n) is 7.60. The molecule has 0 aliphatic carbocycles. The van der Waals surface area contributed by atoms with Crippen LogP contribution in [0.1, 0.15) is 24.3 Å². The summed E-state index contributed by atoms with van der Waals surface area (Å²) in [6.07, 6.45) is 2.23. The molecule has 2 aromatic rings. The molecule has 0 saturated carbocycles. The van der Waals surface area contributed by atoms with Gasteiger partial charge in [0.2, 0.25) is 0 Å². The fourth-order valence-corrected chi connectivity index (χ4v) is 3.18. The zero-order chi connectivity index (χ0) is 15.4. The number of rotatable bonds is 4. The third-order valence-corrected chi connectivity index (χ3v) is 4.40. The molecule has 0 amide bonds. The molecule has 0 bridgehead atoms. The van der Waals surface area contributed by atoms with Crippen molar-refractivity contribution in [1.29, 1.82) is 0 Å². The molecule has 0 N–H and O–H groups in total. The van der Waals surface area contributed by atoms with Crippen LogP contribution in [0, 0.1) is 5.82 Å². The van der Waals surface area contributed by atoms with Gasteiger partial charge in [0, 0.05) is 18.8 Å². The van der Waals surface area contributed by atoms with Gasteiger partial charge in [0.15, 0.2) is 0 Å². The number of benzene rings is 2. The summed E-state index contributed by atoms with van der Waals surface area (Å²) in [5, 5.41) is 0. The topological polar surface area (TPSA) is 12.5 Å². The summed E-state index contributed by atoms with van der Waals surface area (Å²) in [5.41, 5.74) is 2.47. The molecule has 1 aliphatic rings. The maximum absolute atomic E-state index is 13.0. The molecule has 0 unspecified atom stereocenters. The Kier molecular flexibility index (Phi) is 4.88. The predicted octanol–water partition coefficient (Wildman–Crippen LogP) is 4.48. The lowest BCUT2D eigenvalue weighted by molar-refractivity contribution is 0.394. The SMILES string of the molecule is Fc1ccc(N2CCC(c3ccc(OCS)cc3)CC2)cc1. The number of halogens is 1. The van der Waals surface area contributed by atoms with Crippen molar-refractivity contribution in [3.63, 3.8) is 0 Å². The van der Waals surface area contributed by atoms with E-state index in [2.05, 4.69) is 29.7 Å². The summed E-state index contributed by atoms with van der Waals surface area (Å²) in [6, 6.07) is 15.1. The molecule has 1 fully saturated rings. The lowest BCUT2D eigenvalue weighted by Crippen LogP contribution is -2.32. The molecule has 0 aromatic heterocycles. The highest BCUT2D eigenvalue weighted by atomic mass is 32.1. The van der Waals surface area contributed by atoms with Crippen molar-refractivity contribution in [3.05, 3.63) is 59.9 Å². The highest BCUT2D eigenvalue weighted by molar-refractivity contribution is 7.80. The van der Waals surface area contributed by atoms with Gasteiger partial charge in [-0.3, -0.25) is 0 Å². The van der Waals surface area contributed by atoms with Gasteiger partial charge in [0.1, 0.15) is 17.5 Å². The molecular weight excluding hydrogens is 297 g/mol. The number of piperidine rings is 1. The summed E-state index contributed by atoms with van der Waals surface area (Å²) in [4.78, 5) is 2.33. The van der Waals surface area contributed by atoms with Crippen LogP contribution in [-0.4, -0.2) is 19.0 Å². The van der Waals surface area contributed by atoms with Crippen molar-refractivity contribution >= 4 is 18.3 Å². The van der Waals surface area contributed by atoms with Crippen molar-refractivity contribution in [1.82, 2.24) is 0 Å². The lowest BCUT2D eigenvalue weighted by atomic mass is 9.89. The second kappa shape index (κ2) is 7.05. The number of anilines is 1. The Labute approximate surface area is 136 Å². The van der Waals surface area contributed by atoms with E-state index in [0.29, 0.717) is 11.9 Å². The number of hydrogen-bond donors (Lipinski definition) is 1. The Morgan fingerprint density at radius 2 is 1.64 bits per heavy atom. The van der Waals surface area contributed by atoms with Crippen LogP contribution in [0.15, 0.2) is 48.5 Å². The monoisotopic (exact) mass is 317 g/mol. The van der Waals surface area contributed by atoms with Gasteiger partial charge >= 0.3 is 0 Å². The summed E-state index contributed by atoms with van der Waals surface area (Å²) in [7, 11) is 0. The first kappa shape index (κ1) is 15.2. The molecular formula is C18H20FNOS. The Balaban J connectivity index is 1.60. The molecule has 4 heteroatoms. The zero-order valence-electron chi connectivity index (χ0n) is 12.4. The molecule has 3 rings (SSSR count). The number of thiol groups is 1. The maximum atomic E-state index is 13.0. The molecule has 2 nitrogen and oxygen atoms in total. The minimum atomic E-state index is -0.179. The average Bonchev–Trinajstić information content (AvgIpc) is 2.57. The van der Waals surface area contributed by atoms with Crippen molar-refractivity contribution in [2.45, 2.75) is 18.8 Å². The van der Waals surface area contributed by atoms with E-state index in [1.165, 1.54) is 17.7 Å². The van der Waals surface area contributed by atoms with Crippen molar-refractivity contribution < 1.29 is 9.13 Å². The predicted molar refractivity (Wildman–Crippen MR) is 91.5 cm³/mol. The van der Waals surface area contributed by atoms with Crippen LogP contribution in [0.3, 0.4) is 0 Å². The molecule has 0 radical (unpaired) electrons. The number of nitrogens with zero attached hydrogens (tertiary/aromatic N) is 1. The summed E-state index contributed by atoms with van der Waals surface area (Å²) >= 11 is 4.06. The quantitative estimate of drug-likeness (QED) is 0.659. The van der Waals surface area contributed by atoms with Crippen LogP contribution in [0.25, 0.3) is 0 Å². The third-order valence-electron chi connectivity index (χ3n) is 4.27. The van der Waals surface area contributed by atoms with Crippen LogP contribution in [0.2, 0.25) is 0 Å². The van der Waals surface area contributed by atoms with Gasteiger partial charge in [-0.25, -0.2) is 4.39 Å². The van der Waals surface area contributed by atoms with Gasteiger partial charge in [-0.05, 0) is 60.7 Å². The Morgan fingerprint density at radius 3 is 2.23 bits per heavy atom. The Morgan fingerprint density at radius 1 is 1.00 bits per heavy atom. The van der Waals surface area contributed by atoms with Crippen molar-refractivity contribution in [2.75, 3.05) is 23.9 Å². The van der Waals surface area contributed by atoms with E-state index in [-0.39, 0.29) is 5.82 Å². The first-order valence-corrected chi connectivity index (χ1v) is 8.23. The third kappa shape index (κ3) is 3.55. The average molecular weight is 317 g/mol. The molecule has 0 spiro atoms. The van der Waals surface area contributed by atoms with E-state index < -0.39 is 0 Å². The fraction of sp³-hybridized carbons (Fsp3) is 0.333. The normalized spacial score (nSPS) is 15.8. The smallest absolute Gasteiger partial charge is 0.131 e. The van der Waals surface area contributed by atoms with Gasteiger partial charge in [0.25, 0.3) is 0 Å². The van der Waals surface area contributed by atoms with E-state index in [9.17, 15) is 4.39 Å². The van der Waals surface area contributed by atoms with Gasteiger partial charge in [-0.2, -0.15) is 0 Å². The largest absolute Gasteiger partial charge is 0.483 e. The number of hydrogen-bond acceptors (Lipinski definition) is 3. The van der Waals surface area contributed by atoms with Gasteiger partial charge < -0.3 is 9.64 Å². The Bertz CT molecular complexity index is 591. The molecule has 22 heavy (non-hydrogen) atoms. The summed E-state index contributed by atoms with van der Waals surface area (Å²) < 4.78 is 18.3. The van der Waals surface area contributed by atoms with Crippen LogP contribution < -0.4 is 9.64 Å². The maximum Gasteiger partial charge on any atom is 0.131 e. The highest BCUT2D eigenvalue weighted by Gasteiger charge is 2.20. The minimum Gasteiger partial charge on any atom is -0.483 e. The molecule has 1 aliphatic heterocycles. The summed E-state index contributed by atoms with van der Waals surface area (Å²) in [5.74, 6) is 1.67. The Hall–Kier alpha value is -1.68. The molecule has 1 saturated heterocycles. The van der Waals surface area contributed by atoms with Gasteiger partial charge in [-0.15, -0.1) is 12.6 Å². The van der Waals surface area contributed by atoms with E-state index in [1.54, 1.807) is 0 Å². The van der Waals surface area contributed by atoms with Gasteiger partial charge in [0.05, 0.1) is 0 Å². The standard InChI is InChI=1S/C18H20FNOS/c19-16-3-5-17(6-4-16)20-11-9-15(10-12-20)14-1-7-18(8-2-14)21-13-22/h1-8,15,22H,9-13H2. The van der Waals surface area contributed by atoms with Crippen LogP contribution in [0.4, 0.5) is 10.1 Å². The molecule has 1 heterocycles. The van der Waals surface area contributed by atoms with E-state index in [0.717, 1.165) is 37.4 Å². The minimum absolute atomic E-state index is 0.179. The van der Waals surface area contributed by atoms with Crippen molar-refractivity contribution in [2.24, 2.45) is 0 Å². The first-order chi connectivity index (χ1) is 10.8. The van der Waals surface area contributed by atoms with Gasteiger partial charge in [-0.1, -0.05) is 12.1 Å². The van der Waals surface area contributed by atoms with Crippen LogP contribution in [0.5, 0.6) is 5.75 Å². The molecule has 0 atom stereocenters. The summed E-state index contributed by atoms with van der Waals surface area (Å²) in [6.45, 7) is 2.01. The molecule has 116 valence electrons. The zero-order valence-corrected chi connectivity index (χ0v) is 13.3. The molecule has 2 aromatic carbocycles. The second-order valence-corrected chi connectivity index (χ2v) is 5.84. The van der Waals surface area contributed by atoms with E-state index in [1.807, 2.05) is 24.3 Å². The fourth-order valence-electron chi connectivity index (χ4n) is 3.03. The van der Waals surface area contributed by atoms with Crippen LogP contribution in [-0.2, 0) is 0 Å². The van der Waals surface area contributed by atoms with E-state index in [4.69, 9.17) is 4.74 Å². The highest BCUT2D eigenvalue weighted by Crippen LogP contribution is 2.31. The number of ether oxygens (including phenoxy) is 1. The van der Waals surface area contributed by atoms with Crippen LogP contribution >= 0.6 is 12.6 Å². The van der Waals surface area contributed by atoms with E-state index >= 15 is 0 Å².